The molecule has 99 valence electrons. The maximum absolute atomic E-state index is 10.8. The highest BCUT2D eigenvalue weighted by Gasteiger charge is 2.12. The van der Waals surface area contributed by atoms with Gasteiger partial charge in [0.1, 0.15) is 5.69 Å². The topological polar surface area (TPSA) is 72.8 Å². The normalized spacial score (nSPS) is 10.4. The number of rotatable bonds is 4. The number of aromatic amines is 1. The minimum Gasteiger partial charge on any atom is -0.481 e. The Bertz CT molecular complexity index is 714. The molecule has 1 radical (unpaired) electrons. The molecule has 3 aromatic heterocycles. The van der Waals surface area contributed by atoms with Gasteiger partial charge in [0, 0.05) is 24.0 Å². The van der Waals surface area contributed by atoms with Gasteiger partial charge in [-0.15, -0.1) is 0 Å². The standard InChI is InChI=1S/C14H11N4O2/c1-20-14-3-2-12(8-16-14)18-13(6-11(9-19)17-18)10-4-5-15-7-10/h2-8,15H,1H3. The fourth-order valence-corrected chi connectivity index (χ4v) is 1.94. The highest BCUT2D eigenvalue weighted by Crippen LogP contribution is 2.23. The SMILES string of the molecule is COc1ccc(-n2nc([C]=O)cc2-c2cc[nH]c2)cn1. The summed E-state index contributed by atoms with van der Waals surface area (Å²) in [5.41, 5.74) is 2.70. The molecular formula is C14H11N4O2. The smallest absolute Gasteiger partial charge is 0.255 e. The summed E-state index contributed by atoms with van der Waals surface area (Å²) in [4.78, 5) is 17.9. The van der Waals surface area contributed by atoms with Crippen LogP contribution in [0.15, 0.2) is 42.9 Å². The van der Waals surface area contributed by atoms with Gasteiger partial charge >= 0.3 is 0 Å². The molecule has 6 nitrogen and oxygen atoms in total. The zero-order valence-electron chi connectivity index (χ0n) is 10.7. The van der Waals surface area contributed by atoms with E-state index >= 15 is 0 Å². The van der Waals surface area contributed by atoms with E-state index < -0.39 is 0 Å². The molecule has 0 atom stereocenters. The second-order valence-corrected chi connectivity index (χ2v) is 4.09. The molecule has 0 aromatic carbocycles. The Balaban J connectivity index is 2.11. The predicted molar refractivity (Wildman–Crippen MR) is 72.5 cm³/mol. The van der Waals surface area contributed by atoms with Crippen LogP contribution in [0.1, 0.15) is 5.69 Å². The van der Waals surface area contributed by atoms with Gasteiger partial charge in [0.2, 0.25) is 5.88 Å². The fourth-order valence-electron chi connectivity index (χ4n) is 1.94. The van der Waals surface area contributed by atoms with Gasteiger partial charge in [0.05, 0.1) is 24.7 Å². The molecule has 20 heavy (non-hydrogen) atoms. The number of aromatic nitrogens is 4. The number of hydrogen-bond donors (Lipinski definition) is 1. The molecule has 0 bridgehead atoms. The zero-order valence-corrected chi connectivity index (χ0v) is 10.7. The quantitative estimate of drug-likeness (QED) is 0.781. The van der Waals surface area contributed by atoms with Crippen molar-refractivity contribution >= 4 is 6.29 Å². The Labute approximate surface area is 115 Å². The Morgan fingerprint density at radius 3 is 2.85 bits per heavy atom. The minimum atomic E-state index is 0.247. The van der Waals surface area contributed by atoms with Gasteiger partial charge in [-0.25, -0.2) is 9.67 Å². The molecule has 0 aliphatic heterocycles. The van der Waals surface area contributed by atoms with Crippen molar-refractivity contribution in [1.82, 2.24) is 19.7 Å². The van der Waals surface area contributed by atoms with Crippen molar-refractivity contribution in [3.63, 3.8) is 0 Å². The van der Waals surface area contributed by atoms with Gasteiger partial charge in [-0.05, 0) is 18.2 Å². The second-order valence-electron chi connectivity index (χ2n) is 4.09. The van der Waals surface area contributed by atoms with Crippen molar-refractivity contribution < 1.29 is 9.53 Å². The summed E-state index contributed by atoms with van der Waals surface area (Å²) in [6.45, 7) is 0. The lowest BCUT2D eigenvalue weighted by molar-refractivity contribution is 0.397. The van der Waals surface area contributed by atoms with Crippen LogP contribution >= 0.6 is 0 Å². The molecule has 0 saturated heterocycles. The third-order valence-electron chi connectivity index (χ3n) is 2.88. The van der Waals surface area contributed by atoms with Crippen LogP contribution in [0.5, 0.6) is 5.88 Å². The first-order chi connectivity index (χ1) is 9.81. The van der Waals surface area contributed by atoms with Gasteiger partial charge in [-0.2, -0.15) is 5.10 Å². The largest absolute Gasteiger partial charge is 0.481 e. The summed E-state index contributed by atoms with van der Waals surface area (Å²) < 4.78 is 6.67. The second kappa shape index (κ2) is 5.00. The molecule has 1 N–H and O–H groups in total. The molecule has 3 rings (SSSR count). The van der Waals surface area contributed by atoms with Gasteiger partial charge in [-0.3, -0.25) is 4.79 Å². The summed E-state index contributed by atoms with van der Waals surface area (Å²) in [7, 11) is 1.56. The van der Waals surface area contributed by atoms with E-state index in [-0.39, 0.29) is 5.69 Å². The molecule has 6 heteroatoms. The van der Waals surface area contributed by atoms with Crippen molar-refractivity contribution in [3.8, 4) is 22.8 Å². The van der Waals surface area contributed by atoms with Crippen LogP contribution in [-0.4, -0.2) is 33.1 Å². The van der Waals surface area contributed by atoms with Crippen LogP contribution < -0.4 is 4.74 Å². The van der Waals surface area contributed by atoms with Gasteiger partial charge in [-0.1, -0.05) is 0 Å². The summed E-state index contributed by atoms with van der Waals surface area (Å²) >= 11 is 0. The lowest BCUT2D eigenvalue weighted by atomic mass is 10.2. The molecule has 0 aliphatic rings. The van der Waals surface area contributed by atoms with Crippen molar-refractivity contribution in [2.24, 2.45) is 0 Å². The minimum absolute atomic E-state index is 0.247. The van der Waals surface area contributed by atoms with Crippen molar-refractivity contribution in [2.75, 3.05) is 7.11 Å². The van der Waals surface area contributed by atoms with E-state index in [9.17, 15) is 4.79 Å². The molecule has 0 saturated carbocycles. The number of H-pyrrole nitrogens is 1. The molecule has 0 aliphatic carbocycles. The highest BCUT2D eigenvalue weighted by molar-refractivity contribution is 5.76. The molecule has 0 unspecified atom stereocenters. The van der Waals surface area contributed by atoms with Crippen LogP contribution in [-0.2, 0) is 4.79 Å². The maximum Gasteiger partial charge on any atom is 0.255 e. The molecule has 0 fully saturated rings. The number of nitrogens with one attached hydrogen (secondary N) is 1. The van der Waals surface area contributed by atoms with E-state index in [1.54, 1.807) is 36.4 Å². The first-order valence-corrected chi connectivity index (χ1v) is 5.93. The average Bonchev–Trinajstić information content (AvgIpc) is 3.16. The number of hydrogen-bond acceptors (Lipinski definition) is 4. The summed E-state index contributed by atoms with van der Waals surface area (Å²) in [5.74, 6) is 0.520. The fraction of sp³-hybridized carbons (Fsp3) is 0.0714. The number of pyridine rings is 1. The van der Waals surface area contributed by atoms with Gasteiger partial charge < -0.3 is 9.72 Å². The van der Waals surface area contributed by atoms with E-state index in [0.29, 0.717) is 5.88 Å². The molecule has 3 heterocycles. The lowest BCUT2D eigenvalue weighted by Crippen LogP contribution is -2.00. The van der Waals surface area contributed by atoms with Crippen LogP contribution in [0.25, 0.3) is 16.9 Å². The first-order valence-electron chi connectivity index (χ1n) is 5.93. The van der Waals surface area contributed by atoms with Crippen LogP contribution in [0.2, 0.25) is 0 Å². The third kappa shape index (κ3) is 2.07. The monoisotopic (exact) mass is 267 g/mol. The van der Waals surface area contributed by atoms with Crippen LogP contribution in [0, 0.1) is 0 Å². The molecular weight excluding hydrogens is 256 g/mol. The van der Waals surface area contributed by atoms with Gasteiger partial charge in [0.25, 0.3) is 6.29 Å². The number of methoxy groups -OCH3 is 1. The Morgan fingerprint density at radius 2 is 2.25 bits per heavy atom. The van der Waals surface area contributed by atoms with Gasteiger partial charge in [0.15, 0.2) is 0 Å². The molecule has 3 aromatic rings. The predicted octanol–water partition coefficient (Wildman–Crippen LogP) is 1.73. The summed E-state index contributed by atoms with van der Waals surface area (Å²) in [5, 5.41) is 4.21. The third-order valence-corrected chi connectivity index (χ3v) is 2.88. The number of nitrogens with zero attached hydrogens (tertiary/aromatic N) is 3. The van der Waals surface area contributed by atoms with E-state index in [0.717, 1.165) is 16.9 Å². The Kier molecular flexibility index (Phi) is 3.04. The first kappa shape index (κ1) is 12.2. The van der Waals surface area contributed by atoms with E-state index in [1.165, 1.54) is 0 Å². The van der Waals surface area contributed by atoms with Crippen LogP contribution in [0.4, 0.5) is 0 Å². The van der Waals surface area contributed by atoms with E-state index in [2.05, 4.69) is 15.1 Å². The number of carbonyl (C=O) groups excluding carboxylic acids is 1. The Hall–Kier alpha value is -2.89. The lowest BCUT2D eigenvalue weighted by Gasteiger charge is -2.06. The van der Waals surface area contributed by atoms with E-state index in [1.807, 2.05) is 24.5 Å². The maximum atomic E-state index is 10.8. The number of ether oxygens (including phenoxy) is 1. The molecule has 0 spiro atoms. The van der Waals surface area contributed by atoms with Crippen LogP contribution in [0.3, 0.4) is 0 Å². The van der Waals surface area contributed by atoms with Crippen molar-refractivity contribution in [2.45, 2.75) is 0 Å². The average molecular weight is 267 g/mol. The highest BCUT2D eigenvalue weighted by atomic mass is 16.5. The summed E-state index contributed by atoms with van der Waals surface area (Å²) in [6.07, 6.45) is 7.08. The van der Waals surface area contributed by atoms with Crippen molar-refractivity contribution in [1.29, 1.82) is 0 Å². The Morgan fingerprint density at radius 1 is 1.35 bits per heavy atom. The van der Waals surface area contributed by atoms with Crippen molar-refractivity contribution in [3.05, 3.63) is 48.5 Å². The summed E-state index contributed by atoms with van der Waals surface area (Å²) in [6, 6.07) is 7.14. The van der Waals surface area contributed by atoms with E-state index in [4.69, 9.17) is 4.74 Å². The zero-order chi connectivity index (χ0) is 13.9. The molecule has 0 amide bonds.